The van der Waals surface area contributed by atoms with Crippen molar-refractivity contribution in [1.82, 2.24) is 14.5 Å². The SMILES string of the molecule is CCn1cc(S(=O)(=O)NCC[C@]2(c3ccccc3OC)CCOC(C)(C)C2)cn1. The molecule has 0 saturated carbocycles. The highest BCUT2D eigenvalue weighted by Gasteiger charge is 2.43. The number of aromatic nitrogens is 2. The number of para-hydroxylation sites is 1. The highest BCUT2D eigenvalue weighted by Crippen LogP contribution is 2.46. The van der Waals surface area contributed by atoms with E-state index in [-0.39, 0.29) is 15.9 Å². The Morgan fingerprint density at radius 1 is 1.31 bits per heavy atom. The predicted octanol–water partition coefficient (Wildman–Crippen LogP) is 3.11. The van der Waals surface area contributed by atoms with Crippen molar-refractivity contribution in [3.8, 4) is 5.75 Å². The molecular formula is C21H31N3O4S. The molecule has 7 nitrogen and oxygen atoms in total. The number of sulfonamides is 1. The molecule has 0 unspecified atom stereocenters. The van der Waals surface area contributed by atoms with Crippen LogP contribution in [-0.2, 0) is 26.7 Å². The average molecular weight is 422 g/mol. The maximum absolute atomic E-state index is 12.7. The lowest BCUT2D eigenvalue weighted by atomic mass is 9.67. The Kier molecular flexibility index (Phi) is 6.36. The minimum atomic E-state index is -3.60. The molecule has 1 saturated heterocycles. The zero-order chi connectivity index (χ0) is 21.1. The largest absolute Gasteiger partial charge is 0.496 e. The second kappa shape index (κ2) is 8.45. The van der Waals surface area contributed by atoms with Gasteiger partial charge in [-0.25, -0.2) is 13.1 Å². The second-order valence-electron chi connectivity index (χ2n) is 8.20. The van der Waals surface area contributed by atoms with Crippen LogP contribution in [0.15, 0.2) is 41.6 Å². The van der Waals surface area contributed by atoms with Gasteiger partial charge in [-0.1, -0.05) is 18.2 Å². The number of ether oxygens (including phenoxy) is 2. The molecule has 0 bridgehead atoms. The van der Waals surface area contributed by atoms with Gasteiger partial charge in [-0.05, 0) is 46.1 Å². The number of hydrogen-bond donors (Lipinski definition) is 1. The number of nitrogens with one attached hydrogen (secondary N) is 1. The van der Waals surface area contributed by atoms with E-state index in [1.54, 1.807) is 18.0 Å². The molecule has 2 heterocycles. The first-order chi connectivity index (χ1) is 13.7. The van der Waals surface area contributed by atoms with Crippen molar-refractivity contribution >= 4 is 10.0 Å². The lowest BCUT2D eigenvalue weighted by Gasteiger charge is -2.46. The van der Waals surface area contributed by atoms with Gasteiger partial charge in [0.05, 0.1) is 18.9 Å². The average Bonchev–Trinajstić information content (AvgIpc) is 3.17. The predicted molar refractivity (Wildman–Crippen MR) is 112 cm³/mol. The van der Waals surface area contributed by atoms with Crippen LogP contribution in [0.5, 0.6) is 5.75 Å². The van der Waals surface area contributed by atoms with E-state index in [1.165, 1.54) is 6.20 Å². The molecule has 1 aromatic heterocycles. The molecule has 0 aliphatic carbocycles. The summed E-state index contributed by atoms with van der Waals surface area (Å²) in [7, 11) is -1.93. The fourth-order valence-electron chi connectivity index (χ4n) is 4.30. The van der Waals surface area contributed by atoms with Crippen molar-refractivity contribution in [2.75, 3.05) is 20.3 Å². The van der Waals surface area contributed by atoms with Crippen LogP contribution in [0.3, 0.4) is 0 Å². The molecule has 0 spiro atoms. The quantitative estimate of drug-likeness (QED) is 0.708. The zero-order valence-corrected chi connectivity index (χ0v) is 18.5. The van der Waals surface area contributed by atoms with E-state index < -0.39 is 10.0 Å². The Hall–Kier alpha value is -1.90. The summed E-state index contributed by atoms with van der Waals surface area (Å²) in [5.41, 5.74) is 0.585. The number of methoxy groups -OCH3 is 1. The van der Waals surface area contributed by atoms with Crippen molar-refractivity contribution in [3.63, 3.8) is 0 Å². The van der Waals surface area contributed by atoms with Crippen molar-refractivity contribution in [2.45, 2.75) is 62.5 Å². The fraction of sp³-hybridized carbons (Fsp3) is 0.571. The summed E-state index contributed by atoms with van der Waals surface area (Å²) in [4.78, 5) is 0.193. The molecule has 1 N–H and O–H groups in total. The minimum absolute atomic E-state index is 0.193. The highest BCUT2D eigenvalue weighted by molar-refractivity contribution is 7.89. The molecule has 0 amide bonds. The van der Waals surface area contributed by atoms with E-state index in [4.69, 9.17) is 9.47 Å². The smallest absolute Gasteiger partial charge is 0.243 e. The van der Waals surface area contributed by atoms with Crippen LogP contribution in [0.2, 0.25) is 0 Å². The van der Waals surface area contributed by atoms with Gasteiger partial charge in [-0.3, -0.25) is 4.68 Å². The lowest BCUT2D eigenvalue weighted by Crippen LogP contribution is -2.45. The van der Waals surface area contributed by atoms with Crippen LogP contribution in [0.1, 0.15) is 45.6 Å². The molecule has 29 heavy (non-hydrogen) atoms. The summed E-state index contributed by atoms with van der Waals surface area (Å²) in [6.45, 7) is 7.66. The van der Waals surface area contributed by atoms with Gasteiger partial charge in [0.2, 0.25) is 10.0 Å². The van der Waals surface area contributed by atoms with Gasteiger partial charge in [0.15, 0.2) is 0 Å². The number of benzene rings is 1. The van der Waals surface area contributed by atoms with E-state index in [2.05, 4.69) is 29.7 Å². The summed E-state index contributed by atoms with van der Waals surface area (Å²) in [5.74, 6) is 0.831. The third-order valence-electron chi connectivity index (χ3n) is 5.66. The van der Waals surface area contributed by atoms with E-state index in [1.807, 2.05) is 25.1 Å². The maximum atomic E-state index is 12.7. The van der Waals surface area contributed by atoms with Gasteiger partial charge in [-0.15, -0.1) is 0 Å². The Balaban J connectivity index is 1.83. The number of nitrogens with zero attached hydrogens (tertiary/aromatic N) is 2. The standard InChI is InChI=1S/C21H31N3O4S/c1-5-24-15-17(14-22-24)29(25,26)23-12-10-21(11-13-28-20(2,3)16-21)18-8-6-7-9-19(18)27-4/h6-9,14-15,23H,5,10-13,16H2,1-4H3/t21-/m0/s1. The van der Waals surface area contributed by atoms with Crippen molar-refractivity contribution in [3.05, 3.63) is 42.2 Å². The Morgan fingerprint density at radius 3 is 2.72 bits per heavy atom. The first-order valence-corrected chi connectivity index (χ1v) is 11.5. The zero-order valence-electron chi connectivity index (χ0n) is 17.6. The van der Waals surface area contributed by atoms with E-state index >= 15 is 0 Å². The maximum Gasteiger partial charge on any atom is 0.243 e. The molecule has 1 aliphatic heterocycles. The molecule has 8 heteroatoms. The van der Waals surface area contributed by atoms with Crippen LogP contribution in [0.25, 0.3) is 0 Å². The summed E-state index contributed by atoms with van der Waals surface area (Å²) in [6, 6.07) is 8.00. The Labute approximate surface area is 173 Å². The summed E-state index contributed by atoms with van der Waals surface area (Å²) in [6.07, 6.45) is 5.19. The number of hydrogen-bond acceptors (Lipinski definition) is 5. The summed E-state index contributed by atoms with van der Waals surface area (Å²) < 4.78 is 41.3. The molecule has 1 aliphatic rings. The molecular weight excluding hydrogens is 390 g/mol. The highest BCUT2D eigenvalue weighted by atomic mass is 32.2. The van der Waals surface area contributed by atoms with Crippen LogP contribution in [0, 0.1) is 0 Å². The molecule has 1 aromatic carbocycles. The molecule has 2 aromatic rings. The summed E-state index contributed by atoms with van der Waals surface area (Å²) >= 11 is 0. The fourth-order valence-corrected chi connectivity index (χ4v) is 5.29. The Bertz CT molecular complexity index is 939. The van der Waals surface area contributed by atoms with Gasteiger partial charge in [0.1, 0.15) is 10.6 Å². The van der Waals surface area contributed by atoms with Gasteiger partial charge in [0.25, 0.3) is 0 Å². The molecule has 1 fully saturated rings. The van der Waals surface area contributed by atoms with Crippen LogP contribution < -0.4 is 9.46 Å². The lowest BCUT2D eigenvalue weighted by molar-refractivity contribution is -0.0840. The van der Waals surface area contributed by atoms with Crippen LogP contribution in [0.4, 0.5) is 0 Å². The third kappa shape index (κ3) is 4.82. The van der Waals surface area contributed by atoms with Gasteiger partial charge in [0, 0.05) is 36.9 Å². The molecule has 1 atom stereocenters. The van der Waals surface area contributed by atoms with Gasteiger partial charge < -0.3 is 9.47 Å². The summed E-state index contributed by atoms with van der Waals surface area (Å²) in [5, 5.41) is 4.07. The van der Waals surface area contributed by atoms with Crippen molar-refractivity contribution < 1.29 is 17.9 Å². The first kappa shape index (κ1) is 21.8. The number of aryl methyl sites for hydroxylation is 1. The number of rotatable bonds is 8. The topological polar surface area (TPSA) is 82.5 Å². The van der Waals surface area contributed by atoms with Gasteiger partial charge >= 0.3 is 0 Å². The van der Waals surface area contributed by atoms with Crippen molar-refractivity contribution in [2.24, 2.45) is 0 Å². The monoisotopic (exact) mass is 421 g/mol. The minimum Gasteiger partial charge on any atom is -0.496 e. The van der Waals surface area contributed by atoms with E-state index in [0.29, 0.717) is 26.1 Å². The molecule has 0 radical (unpaired) electrons. The van der Waals surface area contributed by atoms with Crippen molar-refractivity contribution in [1.29, 1.82) is 0 Å². The second-order valence-corrected chi connectivity index (χ2v) is 9.96. The third-order valence-corrected chi connectivity index (χ3v) is 7.07. The van der Waals surface area contributed by atoms with Crippen LogP contribution in [-0.4, -0.2) is 44.1 Å². The Morgan fingerprint density at radius 2 is 2.07 bits per heavy atom. The normalized spacial score (nSPS) is 21.8. The first-order valence-electron chi connectivity index (χ1n) is 10.0. The van der Waals surface area contributed by atoms with E-state index in [9.17, 15) is 8.42 Å². The molecule has 160 valence electrons. The van der Waals surface area contributed by atoms with Gasteiger partial charge in [-0.2, -0.15) is 5.10 Å². The van der Waals surface area contributed by atoms with Crippen LogP contribution >= 0.6 is 0 Å². The van der Waals surface area contributed by atoms with E-state index in [0.717, 1.165) is 24.2 Å². The molecule has 3 rings (SSSR count).